The summed E-state index contributed by atoms with van der Waals surface area (Å²) >= 11 is 0. The van der Waals surface area contributed by atoms with Crippen molar-refractivity contribution in [3.63, 3.8) is 0 Å². The Kier molecular flexibility index (Phi) is 2.11. The molecule has 96 valence electrons. The van der Waals surface area contributed by atoms with Gasteiger partial charge in [0.25, 0.3) is 0 Å². The summed E-state index contributed by atoms with van der Waals surface area (Å²) in [7, 11) is 0. The summed E-state index contributed by atoms with van der Waals surface area (Å²) in [6.07, 6.45) is 7.72. The molecule has 0 radical (unpaired) electrons. The van der Waals surface area contributed by atoms with E-state index in [0.717, 1.165) is 5.92 Å². The highest BCUT2D eigenvalue weighted by Gasteiger charge is 2.60. The van der Waals surface area contributed by atoms with Crippen LogP contribution in [0.4, 0.5) is 0 Å². The van der Waals surface area contributed by atoms with Gasteiger partial charge in [0.15, 0.2) is 0 Å². The number of aliphatic imine (C=N–C) groups is 1. The molecule has 2 atom stereocenters. The Hall–Kier alpha value is -0.770. The third-order valence-electron chi connectivity index (χ3n) is 5.10. The monoisotopic (exact) mass is 236 g/mol. The van der Waals surface area contributed by atoms with Gasteiger partial charge in [-0.05, 0) is 55.3 Å². The van der Waals surface area contributed by atoms with E-state index in [1.54, 1.807) is 0 Å². The second-order valence-corrected chi connectivity index (χ2v) is 7.50. The van der Waals surface area contributed by atoms with Crippen molar-refractivity contribution in [2.75, 3.05) is 0 Å². The quantitative estimate of drug-likeness (QED) is 0.279. The molecule has 0 saturated heterocycles. The van der Waals surface area contributed by atoms with Crippen molar-refractivity contribution >= 4 is 5.96 Å². The van der Waals surface area contributed by atoms with Crippen LogP contribution in [0, 0.1) is 16.7 Å². The van der Waals surface area contributed by atoms with Gasteiger partial charge in [-0.1, -0.05) is 13.8 Å². The van der Waals surface area contributed by atoms with E-state index in [0.29, 0.717) is 16.8 Å². The Morgan fingerprint density at radius 3 is 2.18 bits per heavy atom. The third kappa shape index (κ3) is 1.73. The van der Waals surface area contributed by atoms with Crippen molar-refractivity contribution in [2.24, 2.45) is 33.3 Å². The first-order chi connectivity index (χ1) is 7.86. The Labute approximate surface area is 103 Å². The average molecular weight is 236 g/mol. The second kappa shape index (κ2) is 3.16. The van der Waals surface area contributed by atoms with E-state index >= 15 is 0 Å². The molecule has 4 aliphatic carbocycles. The van der Waals surface area contributed by atoms with Crippen LogP contribution in [0.2, 0.25) is 0 Å². The lowest BCUT2D eigenvalue weighted by atomic mass is 9.43. The molecule has 0 spiro atoms. The van der Waals surface area contributed by atoms with Crippen LogP contribution in [0.5, 0.6) is 0 Å². The summed E-state index contributed by atoms with van der Waals surface area (Å²) < 4.78 is 0. The van der Waals surface area contributed by atoms with Crippen molar-refractivity contribution in [2.45, 2.75) is 57.9 Å². The minimum absolute atomic E-state index is 0.0688. The van der Waals surface area contributed by atoms with Gasteiger partial charge in [0.2, 0.25) is 5.96 Å². The lowest BCUT2D eigenvalue weighted by Crippen LogP contribution is -2.58. The maximum absolute atomic E-state index is 5.79. The molecule has 0 aromatic rings. The van der Waals surface area contributed by atoms with Gasteiger partial charge in [-0.3, -0.25) is 5.43 Å². The van der Waals surface area contributed by atoms with Crippen molar-refractivity contribution < 1.29 is 0 Å². The first-order valence-corrected chi connectivity index (χ1v) is 6.68. The van der Waals surface area contributed by atoms with Gasteiger partial charge in [0, 0.05) is 0 Å². The third-order valence-corrected chi connectivity index (χ3v) is 5.10. The maximum atomic E-state index is 5.79. The number of nitrogens with two attached hydrogens (primary N) is 2. The lowest BCUT2D eigenvalue weighted by Gasteiger charge is -2.64. The molecule has 0 heterocycles. The lowest BCUT2D eigenvalue weighted by molar-refractivity contribution is -0.104. The SMILES string of the molecule is CC12CC3CC(C)(C1)CC(N=C(N)NN)(C3)C2. The summed E-state index contributed by atoms with van der Waals surface area (Å²) in [4.78, 5) is 4.74. The number of hydrazine groups is 1. The van der Waals surface area contributed by atoms with E-state index in [4.69, 9.17) is 16.6 Å². The summed E-state index contributed by atoms with van der Waals surface area (Å²) in [5.74, 6) is 6.61. The molecule has 5 N–H and O–H groups in total. The van der Waals surface area contributed by atoms with Crippen LogP contribution in [0.3, 0.4) is 0 Å². The molecular formula is C13H24N4. The van der Waals surface area contributed by atoms with Gasteiger partial charge in [0.05, 0.1) is 5.54 Å². The molecule has 4 aliphatic rings. The first kappa shape index (κ1) is 11.3. The number of nitrogens with one attached hydrogen (secondary N) is 1. The number of rotatable bonds is 1. The molecule has 17 heavy (non-hydrogen) atoms. The largest absolute Gasteiger partial charge is 0.369 e. The van der Waals surface area contributed by atoms with Crippen LogP contribution >= 0.6 is 0 Å². The van der Waals surface area contributed by atoms with Gasteiger partial charge in [-0.15, -0.1) is 0 Å². The zero-order valence-electron chi connectivity index (χ0n) is 10.9. The van der Waals surface area contributed by atoms with Gasteiger partial charge in [0.1, 0.15) is 0 Å². The molecule has 0 aromatic carbocycles. The molecule has 0 aromatic heterocycles. The predicted octanol–water partition coefficient (Wildman–Crippen LogP) is 1.51. The van der Waals surface area contributed by atoms with Crippen LogP contribution in [0.1, 0.15) is 52.4 Å². The highest BCUT2D eigenvalue weighted by molar-refractivity contribution is 5.77. The van der Waals surface area contributed by atoms with Crippen LogP contribution in [0.15, 0.2) is 4.99 Å². The minimum Gasteiger partial charge on any atom is -0.369 e. The minimum atomic E-state index is 0.0688. The summed E-state index contributed by atoms with van der Waals surface area (Å²) in [6, 6.07) is 0. The molecule has 0 aliphatic heterocycles. The topological polar surface area (TPSA) is 76.4 Å². The smallest absolute Gasteiger partial charge is 0.203 e. The Bertz CT molecular complexity index is 358. The van der Waals surface area contributed by atoms with Crippen LogP contribution in [-0.4, -0.2) is 11.5 Å². The van der Waals surface area contributed by atoms with E-state index in [1.807, 2.05) is 0 Å². The molecule has 4 rings (SSSR count). The fourth-order valence-corrected chi connectivity index (χ4v) is 5.80. The van der Waals surface area contributed by atoms with E-state index in [2.05, 4.69) is 19.3 Å². The number of hydrogen-bond acceptors (Lipinski definition) is 2. The Morgan fingerprint density at radius 1 is 1.12 bits per heavy atom. The Morgan fingerprint density at radius 2 is 1.71 bits per heavy atom. The van der Waals surface area contributed by atoms with E-state index in [-0.39, 0.29) is 5.54 Å². The van der Waals surface area contributed by atoms with Gasteiger partial charge in [-0.25, -0.2) is 10.8 Å². The Balaban J connectivity index is 1.97. The van der Waals surface area contributed by atoms with Gasteiger partial charge in [-0.2, -0.15) is 0 Å². The molecule has 4 bridgehead atoms. The summed E-state index contributed by atoms with van der Waals surface area (Å²) in [6.45, 7) is 4.87. The zero-order chi connectivity index (χ0) is 12.3. The predicted molar refractivity (Wildman–Crippen MR) is 69.1 cm³/mol. The van der Waals surface area contributed by atoms with E-state index in [1.165, 1.54) is 38.5 Å². The van der Waals surface area contributed by atoms with Crippen LogP contribution in [-0.2, 0) is 0 Å². The molecule has 4 saturated carbocycles. The van der Waals surface area contributed by atoms with Crippen LogP contribution < -0.4 is 17.0 Å². The van der Waals surface area contributed by atoms with E-state index < -0.39 is 0 Å². The first-order valence-electron chi connectivity index (χ1n) is 6.68. The highest BCUT2D eigenvalue weighted by Crippen LogP contribution is 2.67. The fourth-order valence-electron chi connectivity index (χ4n) is 5.80. The standard InChI is InChI=1S/C13H24N4/c1-11-3-9-4-12(2,6-11)8-13(5-9,7-11)16-10(14)17-15/h9H,3-8,15H2,1-2H3,(H3,14,16,17). The molecule has 0 amide bonds. The molecular weight excluding hydrogens is 212 g/mol. The molecule has 2 unspecified atom stereocenters. The normalized spacial score (nSPS) is 52.9. The summed E-state index contributed by atoms with van der Waals surface area (Å²) in [5, 5.41) is 0. The van der Waals surface area contributed by atoms with Gasteiger partial charge >= 0.3 is 0 Å². The number of guanidine groups is 1. The van der Waals surface area contributed by atoms with Crippen molar-refractivity contribution in [3.05, 3.63) is 0 Å². The van der Waals surface area contributed by atoms with Crippen LogP contribution in [0.25, 0.3) is 0 Å². The zero-order valence-corrected chi connectivity index (χ0v) is 10.9. The van der Waals surface area contributed by atoms with E-state index in [9.17, 15) is 0 Å². The fraction of sp³-hybridized carbons (Fsp3) is 0.923. The number of nitrogens with zero attached hydrogens (tertiary/aromatic N) is 1. The van der Waals surface area contributed by atoms with Gasteiger partial charge < -0.3 is 5.73 Å². The molecule has 4 fully saturated rings. The maximum Gasteiger partial charge on any atom is 0.203 e. The highest BCUT2D eigenvalue weighted by atomic mass is 15.3. The van der Waals surface area contributed by atoms with Crippen molar-refractivity contribution in [1.29, 1.82) is 0 Å². The summed E-state index contributed by atoms with van der Waals surface area (Å²) in [5.41, 5.74) is 9.31. The molecule has 4 heteroatoms. The average Bonchev–Trinajstić information content (AvgIpc) is 2.10. The second-order valence-electron chi connectivity index (χ2n) is 7.50. The van der Waals surface area contributed by atoms with Crippen molar-refractivity contribution in [1.82, 2.24) is 5.43 Å². The molecule has 4 nitrogen and oxygen atoms in total. The number of hydrogen-bond donors (Lipinski definition) is 3. The van der Waals surface area contributed by atoms with Crippen molar-refractivity contribution in [3.8, 4) is 0 Å².